The molecular weight excluding hydrogens is 356 g/mol. The third-order valence-corrected chi connectivity index (χ3v) is 5.86. The summed E-state index contributed by atoms with van der Waals surface area (Å²) in [5, 5.41) is 9.82. The van der Waals surface area contributed by atoms with Crippen molar-refractivity contribution in [3.05, 3.63) is 44.8 Å². The zero-order valence-electron chi connectivity index (χ0n) is 13.9. The second-order valence-electron chi connectivity index (χ2n) is 5.80. The molecule has 3 heterocycles. The molecule has 2 aromatic heterocycles. The molecule has 0 radical (unpaired) electrons. The van der Waals surface area contributed by atoms with Crippen molar-refractivity contribution in [1.82, 2.24) is 20.4 Å². The molecule has 2 aromatic rings. The molecule has 0 aliphatic carbocycles. The van der Waals surface area contributed by atoms with E-state index >= 15 is 0 Å². The van der Waals surface area contributed by atoms with Crippen molar-refractivity contribution in [3.63, 3.8) is 0 Å². The first-order valence-electron chi connectivity index (χ1n) is 8.31. The van der Waals surface area contributed by atoms with Gasteiger partial charge in [-0.15, -0.1) is 22.7 Å². The van der Waals surface area contributed by atoms with E-state index in [0.29, 0.717) is 13.1 Å². The molecule has 134 valence electrons. The van der Waals surface area contributed by atoms with E-state index in [2.05, 4.69) is 15.5 Å². The first-order chi connectivity index (χ1) is 12.2. The number of nitrogens with zero attached hydrogens (tertiary/aromatic N) is 2. The summed E-state index contributed by atoms with van der Waals surface area (Å²) in [5.74, 6) is -0.0124. The van der Waals surface area contributed by atoms with Crippen molar-refractivity contribution in [2.45, 2.75) is 6.54 Å². The van der Waals surface area contributed by atoms with Gasteiger partial charge in [0.1, 0.15) is 0 Å². The van der Waals surface area contributed by atoms with Gasteiger partial charge in [-0.05, 0) is 22.9 Å². The van der Waals surface area contributed by atoms with E-state index in [-0.39, 0.29) is 11.9 Å². The van der Waals surface area contributed by atoms with Crippen LogP contribution < -0.4 is 10.6 Å². The molecule has 0 spiro atoms. The van der Waals surface area contributed by atoms with Gasteiger partial charge in [-0.3, -0.25) is 9.69 Å². The first-order valence-corrected chi connectivity index (χ1v) is 10.1. The normalized spacial score (nSPS) is 15.1. The third-order valence-electron chi connectivity index (χ3n) is 4.11. The minimum Gasteiger partial charge on any atom is -0.350 e. The summed E-state index contributed by atoms with van der Waals surface area (Å²) in [7, 11) is 0. The Morgan fingerprint density at radius 2 is 1.76 bits per heavy atom. The molecule has 25 heavy (non-hydrogen) atoms. The zero-order valence-corrected chi connectivity index (χ0v) is 15.6. The number of carbonyl (C=O) groups is 2. The Hall–Kier alpha value is -1.90. The maximum Gasteiger partial charge on any atom is 0.317 e. The van der Waals surface area contributed by atoms with Crippen molar-refractivity contribution >= 4 is 34.6 Å². The minimum atomic E-state index is -0.0124. The number of hydrogen-bond acceptors (Lipinski definition) is 5. The van der Waals surface area contributed by atoms with Gasteiger partial charge in [0, 0.05) is 44.1 Å². The Kier molecular flexibility index (Phi) is 6.43. The molecule has 1 aliphatic rings. The summed E-state index contributed by atoms with van der Waals surface area (Å²) in [5.41, 5.74) is 0. The molecule has 0 atom stereocenters. The fourth-order valence-electron chi connectivity index (χ4n) is 2.68. The summed E-state index contributed by atoms with van der Waals surface area (Å²) in [4.78, 5) is 30.1. The molecule has 0 saturated carbocycles. The number of carbonyl (C=O) groups excluding carboxylic acids is 2. The molecular formula is C17H22N4O2S2. The zero-order chi connectivity index (χ0) is 17.5. The van der Waals surface area contributed by atoms with Crippen LogP contribution in [0.2, 0.25) is 0 Å². The van der Waals surface area contributed by atoms with E-state index in [4.69, 9.17) is 0 Å². The van der Waals surface area contributed by atoms with E-state index < -0.39 is 0 Å². The Balaban J connectivity index is 1.31. The van der Waals surface area contributed by atoms with Gasteiger partial charge in [0.2, 0.25) is 0 Å². The lowest BCUT2D eigenvalue weighted by atomic mass is 10.3. The molecule has 8 heteroatoms. The maximum atomic E-state index is 12.2. The monoisotopic (exact) mass is 378 g/mol. The first kappa shape index (κ1) is 17.9. The number of rotatable bonds is 6. The second kappa shape index (κ2) is 8.98. The van der Waals surface area contributed by atoms with Gasteiger partial charge < -0.3 is 15.5 Å². The molecule has 3 amide bonds. The molecule has 3 rings (SSSR count). The van der Waals surface area contributed by atoms with Crippen LogP contribution in [0.5, 0.6) is 0 Å². The van der Waals surface area contributed by atoms with Gasteiger partial charge >= 0.3 is 6.03 Å². The Morgan fingerprint density at radius 3 is 2.44 bits per heavy atom. The van der Waals surface area contributed by atoms with Gasteiger partial charge in [-0.2, -0.15) is 0 Å². The number of urea groups is 1. The van der Waals surface area contributed by atoms with Crippen LogP contribution >= 0.6 is 22.7 Å². The Bertz CT molecular complexity index is 665. The summed E-state index contributed by atoms with van der Waals surface area (Å²) >= 11 is 3.10. The van der Waals surface area contributed by atoms with E-state index in [1.165, 1.54) is 11.3 Å². The number of piperazine rings is 1. The van der Waals surface area contributed by atoms with Crippen LogP contribution in [0.25, 0.3) is 0 Å². The van der Waals surface area contributed by atoms with Crippen molar-refractivity contribution in [3.8, 4) is 0 Å². The standard InChI is InChI=1S/C17H22N4O2S2/c22-16(15-4-2-12-25-15)18-5-6-20-7-9-21(10-8-20)17(23)19-13-14-3-1-11-24-14/h1-4,11-12H,5-10,13H2,(H,18,22)(H,19,23). The van der Waals surface area contributed by atoms with Gasteiger partial charge in [-0.1, -0.05) is 12.1 Å². The van der Waals surface area contributed by atoms with Crippen molar-refractivity contribution in [2.24, 2.45) is 0 Å². The Labute approximate surface area is 155 Å². The number of thiophene rings is 2. The van der Waals surface area contributed by atoms with Crippen LogP contribution in [-0.4, -0.2) is 61.0 Å². The topological polar surface area (TPSA) is 64.7 Å². The van der Waals surface area contributed by atoms with E-state index in [0.717, 1.165) is 42.5 Å². The fraction of sp³-hybridized carbons (Fsp3) is 0.412. The molecule has 2 N–H and O–H groups in total. The van der Waals surface area contributed by atoms with Gasteiger partial charge in [0.15, 0.2) is 0 Å². The molecule has 0 bridgehead atoms. The molecule has 6 nitrogen and oxygen atoms in total. The van der Waals surface area contributed by atoms with Crippen LogP contribution in [0.3, 0.4) is 0 Å². The quantitative estimate of drug-likeness (QED) is 0.809. The number of hydrogen-bond donors (Lipinski definition) is 2. The van der Waals surface area contributed by atoms with Crippen molar-refractivity contribution in [2.75, 3.05) is 39.3 Å². The largest absolute Gasteiger partial charge is 0.350 e. The lowest BCUT2D eigenvalue weighted by Crippen LogP contribution is -2.52. The second-order valence-corrected chi connectivity index (χ2v) is 7.78. The molecule has 1 aliphatic heterocycles. The van der Waals surface area contributed by atoms with Gasteiger partial charge in [-0.25, -0.2) is 4.79 Å². The van der Waals surface area contributed by atoms with Crippen LogP contribution in [-0.2, 0) is 6.54 Å². The number of nitrogens with one attached hydrogen (secondary N) is 2. The van der Waals surface area contributed by atoms with Crippen LogP contribution in [0.4, 0.5) is 4.79 Å². The Morgan fingerprint density at radius 1 is 1.00 bits per heavy atom. The van der Waals surface area contributed by atoms with E-state index in [1.807, 2.05) is 39.9 Å². The van der Waals surface area contributed by atoms with Crippen LogP contribution in [0.1, 0.15) is 14.5 Å². The van der Waals surface area contributed by atoms with E-state index in [9.17, 15) is 9.59 Å². The van der Waals surface area contributed by atoms with Crippen molar-refractivity contribution < 1.29 is 9.59 Å². The molecule has 1 saturated heterocycles. The predicted octanol–water partition coefficient (Wildman–Crippen LogP) is 2.07. The summed E-state index contributed by atoms with van der Waals surface area (Å²) in [6, 6.07) is 7.71. The highest BCUT2D eigenvalue weighted by Gasteiger charge is 2.20. The highest BCUT2D eigenvalue weighted by atomic mass is 32.1. The summed E-state index contributed by atoms with van der Waals surface area (Å²) < 4.78 is 0. The predicted molar refractivity (Wildman–Crippen MR) is 101 cm³/mol. The average molecular weight is 379 g/mol. The maximum absolute atomic E-state index is 12.2. The lowest BCUT2D eigenvalue weighted by Gasteiger charge is -2.34. The van der Waals surface area contributed by atoms with E-state index in [1.54, 1.807) is 11.3 Å². The fourth-order valence-corrected chi connectivity index (χ4v) is 3.97. The highest BCUT2D eigenvalue weighted by Crippen LogP contribution is 2.09. The third kappa shape index (κ3) is 5.29. The van der Waals surface area contributed by atoms with Gasteiger partial charge in [0.25, 0.3) is 5.91 Å². The van der Waals surface area contributed by atoms with Crippen LogP contribution in [0.15, 0.2) is 35.0 Å². The molecule has 1 fully saturated rings. The number of amides is 3. The van der Waals surface area contributed by atoms with Crippen molar-refractivity contribution in [1.29, 1.82) is 0 Å². The summed E-state index contributed by atoms with van der Waals surface area (Å²) in [6.07, 6.45) is 0. The SMILES string of the molecule is O=C(NCCN1CCN(C(=O)NCc2cccs2)CC1)c1cccs1. The average Bonchev–Trinajstić information content (AvgIpc) is 3.34. The lowest BCUT2D eigenvalue weighted by molar-refractivity contribution is 0.0946. The summed E-state index contributed by atoms with van der Waals surface area (Å²) in [6.45, 7) is 5.13. The molecule has 0 aromatic carbocycles. The highest BCUT2D eigenvalue weighted by molar-refractivity contribution is 7.12. The smallest absolute Gasteiger partial charge is 0.317 e. The van der Waals surface area contributed by atoms with Crippen LogP contribution in [0, 0.1) is 0 Å². The van der Waals surface area contributed by atoms with Gasteiger partial charge in [0.05, 0.1) is 11.4 Å². The molecule has 0 unspecified atom stereocenters. The minimum absolute atomic E-state index is 0.000881.